The topological polar surface area (TPSA) is 30.5 Å². The first-order valence-corrected chi connectivity index (χ1v) is 6.25. The van der Waals surface area contributed by atoms with E-state index in [1.165, 1.54) is 13.2 Å². The first-order valence-electron chi connectivity index (χ1n) is 6.25. The van der Waals surface area contributed by atoms with E-state index in [0.717, 1.165) is 19.4 Å². The molecule has 2 atom stereocenters. The van der Waals surface area contributed by atoms with Crippen LogP contribution in [0.3, 0.4) is 0 Å². The molecule has 1 heterocycles. The number of halogens is 1. The van der Waals surface area contributed by atoms with Gasteiger partial charge in [0.1, 0.15) is 11.6 Å². The third kappa shape index (κ3) is 2.35. The molecule has 2 unspecified atom stereocenters. The van der Waals surface area contributed by atoms with Gasteiger partial charge in [-0.05, 0) is 32.9 Å². The fourth-order valence-corrected chi connectivity index (χ4v) is 2.69. The van der Waals surface area contributed by atoms with Gasteiger partial charge in [-0.15, -0.1) is 0 Å². The number of rotatable bonds is 4. The van der Waals surface area contributed by atoms with E-state index < -0.39 is 0 Å². The number of methoxy groups -OCH3 is 1. The molecule has 1 aliphatic rings. The van der Waals surface area contributed by atoms with Gasteiger partial charge < -0.3 is 14.8 Å². The Labute approximate surface area is 107 Å². The van der Waals surface area contributed by atoms with Gasteiger partial charge in [-0.1, -0.05) is 6.07 Å². The Bertz CT molecular complexity index is 416. The summed E-state index contributed by atoms with van der Waals surface area (Å²) >= 11 is 0. The second-order valence-electron chi connectivity index (χ2n) is 4.87. The van der Waals surface area contributed by atoms with Crippen LogP contribution in [0.2, 0.25) is 0 Å². The standard InChI is InChI=1S/C14H20FNO2/c1-14(7-4-8-18-14)13(16-2)11-6-5-10(17-3)9-12(11)15/h5-6,9,13,16H,4,7-8H2,1-3H3. The molecule has 1 fully saturated rings. The summed E-state index contributed by atoms with van der Waals surface area (Å²) in [6.45, 7) is 2.78. The van der Waals surface area contributed by atoms with E-state index in [0.29, 0.717) is 11.3 Å². The zero-order chi connectivity index (χ0) is 13.2. The normalized spacial score (nSPS) is 25.1. The number of ether oxygens (including phenoxy) is 2. The molecule has 2 rings (SSSR count). The quantitative estimate of drug-likeness (QED) is 0.895. The van der Waals surface area contributed by atoms with Crippen molar-refractivity contribution in [3.8, 4) is 5.75 Å². The van der Waals surface area contributed by atoms with Crippen molar-refractivity contribution in [1.82, 2.24) is 5.32 Å². The molecule has 3 nitrogen and oxygen atoms in total. The molecule has 1 aromatic carbocycles. The van der Waals surface area contributed by atoms with Crippen molar-refractivity contribution in [2.45, 2.75) is 31.4 Å². The van der Waals surface area contributed by atoms with Crippen molar-refractivity contribution >= 4 is 0 Å². The molecule has 1 aromatic rings. The van der Waals surface area contributed by atoms with Gasteiger partial charge >= 0.3 is 0 Å². The van der Waals surface area contributed by atoms with E-state index in [4.69, 9.17) is 9.47 Å². The molecule has 1 saturated heterocycles. The average molecular weight is 253 g/mol. The lowest BCUT2D eigenvalue weighted by Crippen LogP contribution is -2.40. The summed E-state index contributed by atoms with van der Waals surface area (Å²) in [6, 6.07) is 4.81. The Morgan fingerprint density at radius 3 is 2.78 bits per heavy atom. The van der Waals surface area contributed by atoms with Crippen LogP contribution in [0.1, 0.15) is 31.4 Å². The number of hydrogen-bond acceptors (Lipinski definition) is 3. The highest BCUT2D eigenvalue weighted by Crippen LogP contribution is 2.38. The molecular weight excluding hydrogens is 233 g/mol. The van der Waals surface area contributed by atoms with E-state index in [9.17, 15) is 4.39 Å². The highest BCUT2D eigenvalue weighted by atomic mass is 19.1. The molecule has 0 radical (unpaired) electrons. The monoisotopic (exact) mass is 253 g/mol. The van der Waals surface area contributed by atoms with Crippen molar-refractivity contribution in [1.29, 1.82) is 0 Å². The van der Waals surface area contributed by atoms with Crippen LogP contribution in [0.5, 0.6) is 5.75 Å². The highest BCUT2D eigenvalue weighted by Gasteiger charge is 2.39. The van der Waals surface area contributed by atoms with Crippen molar-refractivity contribution in [2.24, 2.45) is 0 Å². The summed E-state index contributed by atoms with van der Waals surface area (Å²) in [4.78, 5) is 0. The van der Waals surface area contributed by atoms with Crippen molar-refractivity contribution in [2.75, 3.05) is 20.8 Å². The zero-order valence-electron chi connectivity index (χ0n) is 11.1. The van der Waals surface area contributed by atoms with Crippen molar-refractivity contribution < 1.29 is 13.9 Å². The van der Waals surface area contributed by atoms with Crippen LogP contribution in [0.25, 0.3) is 0 Å². The van der Waals surface area contributed by atoms with E-state index in [2.05, 4.69) is 5.32 Å². The van der Waals surface area contributed by atoms with Crippen LogP contribution in [0.4, 0.5) is 4.39 Å². The largest absolute Gasteiger partial charge is 0.497 e. The second-order valence-corrected chi connectivity index (χ2v) is 4.87. The Hall–Kier alpha value is -1.13. The van der Waals surface area contributed by atoms with Gasteiger partial charge in [0.25, 0.3) is 0 Å². The number of nitrogens with one attached hydrogen (secondary N) is 1. The minimum absolute atomic E-state index is 0.147. The SMILES string of the molecule is CNC(c1ccc(OC)cc1F)C1(C)CCCO1. The van der Waals surface area contributed by atoms with Crippen LogP contribution in [-0.2, 0) is 4.74 Å². The molecule has 0 amide bonds. The van der Waals surface area contributed by atoms with Gasteiger partial charge in [-0.25, -0.2) is 4.39 Å². The smallest absolute Gasteiger partial charge is 0.131 e. The van der Waals surface area contributed by atoms with Gasteiger partial charge in [-0.3, -0.25) is 0 Å². The van der Waals surface area contributed by atoms with Gasteiger partial charge in [0.2, 0.25) is 0 Å². The maximum absolute atomic E-state index is 14.1. The predicted molar refractivity (Wildman–Crippen MR) is 68.3 cm³/mol. The summed E-state index contributed by atoms with van der Waals surface area (Å²) in [7, 11) is 3.37. The molecule has 0 spiro atoms. The summed E-state index contributed by atoms with van der Waals surface area (Å²) in [5, 5.41) is 3.17. The maximum atomic E-state index is 14.1. The van der Waals surface area contributed by atoms with Gasteiger partial charge in [0.05, 0.1) is 18.8 Å². The van der Waals surface area contributed by atoms with Crippen LogP contribution < -0.4 is 10.1 Å². The Morgan fingerprint density at radius 2 is 2.28 bits per heavy atom. The summed E-state index contributed by atoms with van der Waals surface area (Å²) in [6.07, 6.45) is 1.95. The highest BCUT2D eigenvalue weighted by molar-refractivity contribution is 5.32. The van der Waals surface area contributed by atoms with Gasteiger partial charge in [0.15, 0.2) is 0 Å². The molecule has 18 heavy (non-hydrogen) atoms. The van der Waals surface area contributed by atoms with E-state index >= 15 is 0 Å². The van der Waals surface area contributed by atoms with Gasteiger partial charge in [-0.2, -0.15) is 0 Å². The number of hydrogen-bond donors (Lipinski definition) is 1. The van der Waals surface area contributed by atoms with Gasteiger partial charge in [0, 0.05) is 18.2 Å². The van der Waals surface area contributed by atoms with Crippen LogP contribution in [-0.4, -0.2) is 26.4 Å². The maximum Gasteiger partial charge on any atom is 0.131 e. The van der Waals surface area contributed by atoms with Crippen LogP contribution in [0.15, 0.2) is 18.2 Å². The molecule has 1 aliphatic heterocycles. The molecule has 4 heteroatoms. The Kier molecular flexibility index (Phi) is 3.88. The minimum Gasteiger partial charge on any atom is -0.497 e. The first-order chi connectivity index (χ1) is 8.60. The third-order valence-electron chi connectivity index (χ3n) is 3.67. The second kappa shape index (κ2) is 5.24. The Morgan fingerprint density at radius 1 is 1.50 bits per heavy atom. The minimum atomic E-state index is -0.343. The number of benzene rings is 1. The van der Waals surface area contributed by atoms with Crippen molar-refractivity contribution in [3.63, 3.8) is 0 Å². The molecule has 1 N–H and O–H groups in total. The third-order valence-corrected chi connectivity index (χ3v) is 3.67. The predicted octanol–water partition coefficient (Wildman–Crippen LogP) is 2.66. The van der Waals surface area contributed by atoms with Crippen LogP contribution in [0, 0.1) is 5.82 Å². The Balaban J connectivity index is 2.32. The molecule has 0 bridgehead atoms. The summed E-state index contributed by atoms with van der Waals surface area (Å²) in [5.74, 6) is 0.272. The number of likely N-dealkylation sites (N-methyl/N-ethyl adjacent to an activating group) is 1. The fraction of sp³-hybridized carbons (Fsp3) is 0.571. The zero-order valence-corrected chi connectivity index (χ0v) is 11.1. The lowest BCUT2D eigenvalue weighted by atomic mass is 9.87. The van der Waals surface area contributed by atoms with Crippen LogP contribution >= 0.6 is 0 Å². The average Bonchev–Trinajstić information content (AvgIpc) is 2.79. The van der Waals surface area contributed by atoms with E-state index in [1.54, 1.807) is 12.1 Å². The van der Waals surface area contributed by atoms with E-state index in [-0.39, 0.29) is 17.5 Å². The first kappa shape index (κ1) is 13.3. The molecule has 0 saturated carbocycles. The van der Waals surface area contributed by atoms with E-state index in [1.807, 2.05) is 14.0 Å². The molecule has 0 aliphatic carbocycles. The molecular formula is C14H20FNO2. The summed E-state index contributed by atoms with van der Waals surface area (Å²) < 4.78 is 24.9. The summed E-state index contributed by atoms with van der Waals surface area (Å²) in [5.41, 5.74) is 0.284. The fourth-order valence-electron chi connectivity index (χ4n) is 2.69. The molecule has 0 aromatic heterocycles. The lowest BCUT2D eigenvalue weighted by molar-refractivity contribution is -0.0114. The lowest BCUT2D eigenvalue weighted by Gasteiger charge is -2.33. The molecule has 100 valence electrons. The van der Waals surface area contributed by atoms with Crippen molar-refractivity contribution in [3.05, 3.63) is 29.6 Å².